The summed E-state index contributed by atoms with van der Waals surface area (Å²) in [5.41, 5.74) is 1.05. The number of carbonyl (C=O) groups is 1. The summed E-state index contributed by atoms with van der Waals surface area (Å²) >= 11 is 0. The summed E-state index contributed by atoms with van der Waals surface area (Å²) in [4.78, 5) is 11.6. The fourth-order valence-electron chi connectivity index (χ4n) is 2.56. The Morgan fingerprint density at radius 2 is 1.91 bits per heavy atom. The molecule has 0 bridgehead atoms. The van der Waals surface area contributed by atoms with E-state index in [9.17, 15) is 9.90 Å². The van der Waals surface area contributed by atoms with Crippen LogP contribution in [0.15, 0.2) is 30.3 Å². The Hall–Kier alpha value is -1.59. The summed E-state index contributed by atoms with van der Waals surface area (Å²) in [6.45, 7) is 0.533. The predicted octanol–water partition coefficient (Wildman–Crippen LogP) is 2.62. The normalized spacial score (nSPS) is 17.0. The third kappa shape index (κ3) is 6.45. The second kappa shape index (κ2) is 9.43. The van der Waals surface area contributed by atoms with Crippen molar-refractivity contribution in [3.8, 4) is 0 Å². The zero-order valence-electron chi connectivity index (χ0n) is 12.9. The average Bonchev–Trinajstić information content (AvgIpc) is 2.55. The summed E-state index contributed by atoms with van der Waals surface area (Å²) in [5.74, 6) is 0. The molecule has 1 fully saturated rings. The summed E-state index contributed by atoms with van der Waals surface area (Å²) in [6, 6.07) is 9.95. The summed E-state index contributed by atoms with van der Waals surface area (Å²) in [5, 5.41) is 12.6. The molecular formula is C17H25NO4. The van der Waals surface area contributed by atoms with Gasteiger partial charge in [0.2, 0.25) is 0 Å². The molecule has 122 valence electrons. The molecular weight excluding hydrogens is 282 g/mol. The van der Waals surface area contributed by atoms with E-state index in [4.69, 9.17) is 9.47 Å². The van der Waals surface area contributed by atoms with E-state index < -0.39 is 12.2 Å². The predicted molar refractivity (Wildman–Crippen MR) is 83.5 cm³/mol. The highest BCUT2D eigenvalue weighted by atomic mass is 16.6. The quantitative estimate of drug-likeness (QED) is 0.812. The molecule has 0 radical (unpaired) electrons. The zero-order chi connectivity index (χ0) is 15.6. The number of alkyl carbamates (subject to hydrolysis) is 1. The number of benzene rings is 1. The Morgan fingerprint density at radius 1 is 1.18 bits per heavy atom. The summed E-state index contributed by atoms with van der Waals surface area (Å²) in [6.07, 6.45) is 4.32. The molecule has 0 aromatic heterocycles. The molecule has 5 heteroatoms. The average molecular weight is 307 g/mol. The number of ether oxygens (including phenoxy) is 2. The lowest BCUT2D eigenvalue weighted by molar-refractivity contribution is -0.00610. The molecule has 22 heavy (non-hydrogen) atoms. The number of nitrogens with one attached hydrogen (secondary N) is 1. The number of hydrogen-bond donors (Lipinski definition) is 2. The highest BCUT2D eigenvalue weighted by Gasteiger charge is 2.17. The Labute approximate surface area is 131 Å². The topological polar surface area (TPSA) is 67.8 Å². The van der Waals surface area contributed by atoms with E-state index in [0.717, 1.165) is 31.2 Å². The molecule has 1 aliphatic carbocycles. The van der Waals surface area contributed by atoms with Crippen molar-refractivity contribution in [2.24, 2.45) is 0 Å². The van der Waals surface area contributed by atoms with Gasteiger partial charge in [0.15, 0.2) is 0 Å². The maximum atomic E-state index is 11.6. The highest BCUT2D eigenvalue weighted by molar-refractivity contribution is 5.67. The van der Waals surface area contributed by atoms with Crippen molar-refractivity contribution in [1.82, 2.24) is 5.32 Å². The molecule has 1 amide bonds. The molecule has 0 saturated heterocycles. The smallest absolute Gasteiger partial charge is 0.407 e. The first-order valence-corrected chi connectivity index (χ1v) is 7.97. The monoisotopic (exact) mass is 307 g/mol. The van der Waals surface area contributed by atoms with Crippen LogP contribution in [-0.2, 0) is 16.1 Å². The van der Waals surface area contributed by atoms with Crippen LogP contribution in [0.5, 0.6) is 0 Å². The largest absolute Gasteiger partial charge is 0.447 e. The van der Waals surface area contributed by atoms with Gasteiger partial charge in [-0.25, -0.2) is 4.79 Å². The SMILES string of the molecule is O=C(NC1CCCCC1)OCC(O)COCc1ccccc1. The van der Waals surface area contributed by atoms with Crippen molar-refractivity contribution >= 4 is 6.09 Å². The van der Waals surface area contributed by atoms with Crippen molar-refractivity contribution in [3.05, 3.63) is 35.9 Å². The minimum Gasteiger partial charge on any atom is -0.447 e. The molecule has 5 nitrogen and oxygen atoms in total. The van der Waals surface area contributed by atoms with Gasteiger partial charge in [-0.1, -0.05) is 49.6 Å². The third-order valence-electron chi connectivity index (χ3n) is 3.76. The van der Waals surface area contributed by atoms with Gasteiger partial charge in [-0.15, -0.1) is 0 Å². The Bertz CT molecular complexity index is 432. The minimum absolute atomic E-state index is 0.0483. The van der Waals surface area contributed by atoms with Crippen molar-refractivity contribution in [2.75, 3.05) is 13.2 Å². The second-order valence-electron chi connectivity index (χ2n) is 5.73. The summed E-state index contributed by atoms with van der Waals surface area (Å²) in [7, 11) is 0. The first kappa shape index (κ1) is 16.8. The van der Waals surface area contributed by atoms with E-state index in [1.54, 1.807) is 0 Å². The summed E-state index contributed by atoms with van der Waals surface area (Å²) < 4.78 is 10.4. The van der Waals surface area contributed by atoms with Gasteiger partial charge in [-0.05, 0) is 18.4 Å². The Morgan fingerprint density at radius 3 is 2.64 bits per heavy atom. The van der Waals surface area contributed by atoms with Crippen molar-refractivity contribution < 1.29 is 19.4 Å². The van der Waals surface area contributed by atoms with Crippen LogP contribution in [-0.4, -0.2) is 36.6 Å². The molecule has 0 spiro atoms. The van der Waals surface area contributed by atoms with E-state index in [1.165, 1.54) is 6.42 Å². The molecule has 1 unspecified atom stereocenters. The Kier molecular flexibility index (Phi) is 7.19. The molecule has 2 N–H and O–H groups in total. The first-order valence-electron chi connectivity index (χ1n) is 7.97. The third-order valence-corrected chi connectivity index (χ3v) is 3.76. The van der Waals surface area contributed by atoms with Crippen LogP contribution < -0.4 is 5.32 Å². The van der Waals surface area contributed by atoms with Gasteiger partial charge in [0.25, 0.3) is 0 Å². The van der Waals surface area contributed by atoms with Gasteiger partial charge in [-0.3, -0.25) is 0 Å². The molecule has 1 aromatic carbocycles. The van der Waals surface area contributed by atoms with Gasteiger partial charge >= 0.3 is 6.09 Å². The number of amides is 1. The maximum absolute atomic E-state index is 11.6. The van der Waals surface area contributed by atoms with E-state index in [1.807, 2.05) is 30.3 Å². The lowest BCUT2D eigenvalue weighted by atomic mass is 9.96. The standard InChI is InChI=1S/C17H25NO4/c19-16(12-21-11-14-7-3-1-4-8-14)13-22-17(20)18-15-9-5-2-6-10-15/h1,3-4,7-8,15-16,19H,2,5-6,9-13H2,(H,18,20). The van der Waals surface area contributed by atoms with Crippen LogP contribution in [0, 0.1) is 0 Å². The van der Waals surface area contributed by atoms with E-state index in [-0.39, 0.29) is 19.3 Å². The van der Waals surface area contributed by atoms with Gasteiger partial charge < -0.3 is 19.9 Å². The van der Waals surface area contributed by atoms with Crippen LogP contribution in [0.2, 0.25) is 0 Å². The highest BCUT2D eigenvalue weighted by Crippen LogP contribution is 2.17. The van der Waals surface area contributed by atoms with Crippen molar-refractivity contribution in [2.45, 2.75) is 50.9 Å². The number of rotatable bonds is 7. The molecule has 1 saturated carbocycles. The lowest BCUT2D eigenvalue weighted by Crippen LogP contribution is -2.38. The van der Waals surface area contributed by atoms with Crippen LogP contribution in [0.1, 0.15) is 37.7 Å². The van der Waals surface area contributed by atoms with Crippen LogP contribution in [0.4, 0.5) is 4.79 Å². The molecule has 0 aliphatic heterocycles. The fourth-order valence-corrected chi connectivity index (χ4v) is 2.56. The van der Waals surface area contributed by atoms with Crippen molar-refractivity contribution in [1.29, 1.82) is 0 Å². The Balaban J connectivity index is 1.54. The molecule has 0 heterocycles. The number of aliphatic hydroxyl groups is 1. The van der Waals surface area contributed by atoms with E-state index >= 15 is 0 Å². The molecule has 2 rings (SSSR count). The molecule has 1 aliphatic rings. The van der Waals surface area contributed by atoms with Gasteiger partial charge in [0.05, 0.1) is 13.2 Å². The fraction of sp³-hybridized carbons (Fsp3) is 0.588. The first-order chi connectivity index (χ1) is 10.7. The zero-order valence-corrected chi connectivity index (χ0v) is 12.9. The van der Waals surface area contributed by atoms with Gasteiger partial charge in [-0.2, -0.15) is 0 Å². The van der Waals surface area contributed by atoms with Crippen LogP contribution in [0.25, 0.3) is 0 Å². The van der Waals surface area contributed by atoms with Gasteiger partial charge in [0.1, 0.15) is 12.7 Å². The van der Waals surface area contributed by atoms with E-state index in [2.05, 4.69) is 5.32 Å². The second-order valence-corrected chi connectivity index (χ2v) is 5.73. The minimum atomic E-state index is -0.805. The maximum Gasteiger partial charge on any atom is 0.407 e. The van der Waals surface area contributed by atoms with Crippen molar-refractivity contribution in [3.63, 3.8) is 0 Å². The van der Waals surface area contributed by atoms with Crippen LogP contribution in [0.3, 0.4) is 0 Å². The molecule has 1 atom stereocenters. The number of carbonyl (C=O) groups excluding carboxylic acids is 1. The molecule has 1 aromatic rings. The number of hydrogen-bond acceptors (Lipinski definition) is 4. The lowest BCUT2D eigenvalue weighted by Gasteiger charge is -2.22. The van der Waals surface area contributed by atoms with Crippen LogP contribution >= 0.6 is 0 Å². The van der Waals surface area contributed by atoms with E-state index in [0.29, 0.717) is 6.61 Å². The number of aliphatic hydroxyl groups excluding tert-OH is 1. The van der Waals surface area contributed by atoms with Gasteiger partial charge in [0, 0.05) is 6.04 Å².